The van der Waals surface area contributed by atoms with Crippen molar-refractivity contribution < 1.29 is 9.26 Å². The van der Waals surface area contributed by atoms with Gasteiger partial charge in [0.15, 0.2) is 0 Å². The third-order valence-electron chi connectivity index (χ3n) is 3.67. The summed E-state index contributed by atoms with van der Waals surface area (Å²) in [6, 6.07) is 10.8. The Morgan fingerprint density at radius 3 is 2.76 bits per heavy atom. The second-order valence-corrected chi connectivity index (χ2v) is 5.17. The molecular weight excluding hydrogens is 322 g/mol. The van der Waals surface area contributed by atoms with Gasteiger partial charge in [-0.05, 0) is 36.4 Å². The van der Waals surface area contributed by atoms with Crippen LogP contribution in [0, 0.1) is 0 Å². The molecule has 4 aromatic rings. The van der Waals surface area contributed by atoms with Gasteiger partial charge in [-0.25, -0.2) is 9.78 Å². The second-order valence-electron chi connectivity index (χ2n) is 5.17. The monoisotopic (exact) mass is 335 g/mol. The molecule has 25 heavy (non-hydrogen) atoms. The van der Waals surface area contributed by atoms with Crippen LogP contribution in [0.4, 0.5) is 0 Å². The number of pyridine rings is 1. The molecule has 0 aliphatic heterocycles. The Balaban J connectivity index is 1.66. The number of benzene rings is 1. The topological polar surface area (TPSA) is 98.8 Å². The van der Waals surface area contributed by atoms with Gasteiger partial charge in [0.1, 0.15) is 0 Å². The number of rotatable bonds is 4. The van der Waals surface area contributed by atoms with E-state index in [9.17, 15) is 4.79 Å². The highest BCUT2D eigenvalue weighted by Crippen LogP contribution is 2.27. The summed E-state index contributed by atoms with van der Waals surface area (Å²) in [6.45, 7) is 0. The number of imidazole rings is 1. The number of hydrogen-bond acceptors (Lipinski definition) is 6. The quantitative estimate of drug-likeness (QED) is 0.614. The molecule has 0 radical (unpaired) electrons. The molecule has 3 heterocycles. The van der Waals surface area contributed by atoms with Gasteiger partial charge in [0.2, 0.25) is 11.7 Å². The zero-order valence-corrected chi connectivity index (χ0v) is 13.2. The molecule has 0 saturated carbocycles. The van der Waals surface area contributed by atoms with Crippen LogP contribution in [0.1, 0.15) is 0 Å². The third kappa shape index (κ3) is 2.69. The summed E-state index contributed by atoms with van der Waals surface area (Å²) < 4.78 is 12.1. The molecule has 124 valence electrons. The normalized spacial score (nSPS) is 10.8. The van der Waals surface area contributed by atoms with Gasteiger partial charge in [-0.2, -0.15) is 4.98 Å². The second kappa shape index (κ2) is 6.08. The van der Waals surface area contributed by atoms with Crippen molar-refractivity contribution in [1.82, 2.24) is 24.7 Å². The highest BCUT2D eigenvalue weighted by Gasteiger charge is 2.15. The van der Waals surface area contributed by atoms with Crippen molar-refractivity contribution >= 4 is 0 Å². The summed E-state index contributed by atoms with van der Waals surface area (Å²) in [5.41, 5.74) is 1.93. The highest BCUT2D eigenvalue weighted by atomic mass is 16.5. The summed E-state index contributed by atoms with van der Waals surface area (Å²) in [7, 11) is 1.54. The van der Waals surface area contributed by atoms with Gasteiger partial charge in [-0.1, -0.05) is 5.16 Å². The maximum atomic E-state index is 11.6. The van der Waals surface area contributed by atoms with Crippen LogP contribution in [0.25, 0.3) is 28.5 Å². The fourth-order valence-electron chi connectivity index (χ4n) is 2.46. The Morgan fingerprint density at radius 1 is 1.20 bits per heavy atom. The molecule has 1 aromatic carbocycles. The van der Waals surface area contributed by atoms with Crippen molar-refractivity contribution in [3.8, 4) is 34.4 Å². The number of nitrogens with one attached hydrogen (secondary N) is 1. The number of methoxy groups -OCH3 is 1. The molecule has 1 N–H and O–H groups in total. The maximum absolute atomic E-state index is 11.6. The lowest BCUT2D eigenvalue weighted by Crippen LogP contribution is -2.13. The molecule has 8 heteroatoms. The summed E-state index contributed by atoms with van der Waals surface area (Å²) >= 11 is 0. The molecule has 0 atom stereocenters. The Morgan fingerprint density at radius 2 is 2.04 bits per heavy atom. The average molecular weight is 335 g/mol. The molecular formula is C17H13N5O3. The van der Waals surface area contributed by atoms with Crippen molar-refractivity contribution in [3.05, 3.63) is 65.5 Å². The first-order valence-electron chi connectivity index (χ1n) is 7.46. The van der Waals surface area contributed by atoms with Gasteiger partial charge >= 0.3 is 5.69 Å². The smallest absolute Gasteiger partial charge is 0.330 e. The Bertz CT molecular complexity index is 1060. The van der Waals surface area contributed by atoms with Gasteiger partial charge in [0.25, 0.3) is 5.89 Å². The minimum Gasteiger partial charge on any atom is -0.480 e. The molecule has 0 aliphatic carbocycles. The Kier molecular flexibility index (Phi) is 3.62. The lowest BCUT2D eigenvalue weighted by molar-refractivity contribution is 0.398. The number of H-pyrrole nitrogens is 1. The van der Waals surface area contributed by atoms with E-state index in [0.29, 0.717) is 23.2 Å². The molecule has 4 rings (SSSR count). The molecule has 0 unspecified atom stereocenters. The summed E-state index contributed by atoms with van der Waals surface area (Å²) in [5.74, 6) is 1.19. The molecule has 0 amide bonds. The largest absolute Gasteiger partial charge is 0.480 e. The predicted octanol–water partition coefficient (Wildman–Crippen LogP) is 2.29. The number of ether oxygens (including phenoxy) is 1. The van der Waals surface area contributed by atoms with Gasteiger partial charge in [-0.3, -0.25) is 4.57 Å². The van der Waals surface area contributed by atoms with E-state index in [1.807, 2.05) is 18.2 Å². The maximum Gasteiger partial charge on any atom is 0.330 e. The first-order valence-corrected chi connectivity index (χ1v) is 7.46. The number of aromatic amines is 1. The van der Waals surface area contributed by atoms with Crippen molar-refractivity contribution in [1.29, 1.82) is 0 Å². The highest BCUT2D eigenvalue weighted by molar-refractivity contribution is 5.64. The SMILES string of the molecule is COc1ncccc1-c1noc(-c2ccc(-n3cc[nH]c3=O)cc2)n1. The van der Waals surface area contributed by atoms with E-state index in [0.717, 1.165) is 11.3 Å². The third-order valence-corrected chi connectivity index (χ3v) is 3.67. The first-order chi connectivity index (χ1) is 12.3. The Hall–Kier alpha value is -3.68. The molecule has 0 aliphatic rings. The van der Waals surface area contributed by atoms with Crippen LogP contribution in [0.3, 0.4) is 0 Å². The number of aromatic nitrogens is 5. The van der Waals surface area contributed by atoms with Crippen LogP contribution in [0.2, 0.25) is 0 Å². The lowest BCUT2D eigenvalue weighted by atomic mass is 10.2. The molecule has 0 fully saturated rings. The zero-order valence-electron chi connectivity index (χ0n) is 13.2. The zero-order chi connectivity index (χ0) is 17.2. The van der Waals surface area contributed by atoms with Crippen molar-refractivity contribution in [2.45, 2.75) is 0 Å². The fourth-order valence-corrected chi connectivity index (χ4v) is 2.46. The first kappa shape index (κ1) is 14.9. The van der Waals surface area contributed by atoms with Gasteiger partial charge in [0.05, 0.1) is 18.4 Å². The van der Waals surface area contributed by atoms with Gasteiger partial charge < -0.3 is 14.2 Å². The molecule has 8 nitrogen and oxygen atoms in total. The molecule has 3 aromatic heterocycles. The van der Waals surface area contributed by atoms with Crippen LogP contribution in [-0.2, 0) is 0 Å². The van der Waals surface area contributed by atoms with E-state index in [1.54, 1.807) is 36.8 Å². The van der Waals surface area contributed by atoms with E-state index in [-0.39, 0.29) is 5.69 Å². The van der Waals surface area contributed by atoms with Crippen LogP contribution in [-0.4, -0.2) is 31.8 Å². The van der Waals surface area contributed by atoms with Crippen molar-refractivity contribution in [2.75, 3.05) is 7.11 Å². The minimum absolute atomic E-state index is 0.198. The van der Waals surface area contributed by atoms with Gasteiger partial charge in [0, 0.05) is 24.2 Å². The summed E-state index contributed by atoms with van der Waals surface area (Å²) in [5, 5.41) is 3.99. The van der Waals surface area contributed by atoms with E-state index >= 15 is 0 Å². The molecule has 0 saturated heterocycles. The van der Waals surface area contributed by atoms with Gasteiger partial charge in [-0.15, -0.1) is 0 Å². The lowest BCUT2D eigenvalue weighted by Gasteiger charge is -2.02. The fraction of sp³-hybridized carbons (Fsp3) is 0.0588. The van der Waals surface area contributed by atoms with Crippen LogP contribution in [0.5, 0.6) is 5.88 Å². The summed E-state index contributed by atoms with van der Waals surface area (Å²) in [6.07, 6.45) is 4.88. The van der Waals surface area contributed by atoms with Crippen molar-refractivity contribution in [2.24, 2.45) is 0 Å². The minimum atomic E-state index is -0.198. The van der Waals surface area contributed by atoms with Crippen LogP contribution < -0.4 is 10.4 Å². The Labute approximate surface area is 141 Å². The average Bonchev–Trinajstić information content (AvgIpc) is 3.31. The number of nitrogens with zero attached hydrogens (tertiary/aromatic N) is 4. The van der Waals surface area contributed by atoms with Crippen LogP contribution >= 0.6 is 0 Å². The standard InChI is InChI=1S/C17H13N5O3/c1-24-16-13(3-2-8-18-16)14-20-15(25-21-14)11-4-6-12(7-5-11)22-10-9-19-17(22)23/h2-10H,1H3,(H,19,23). The predicted molar refractivity (Wildman–Crippen MR) is 89.5 cm³/mol. The molecule has 0 bridgehead atoms. The van der Waals surface area contributed by atoms with Crippen molar-refractivity contribution in [3.63, 3.8) is 0 Å². The van der Waals surface area contributed by atoms with E-state index in [4.69, 9.17) is 9.26 Å². The summed E-state index contributed by atoms with van der Waals surface area (Å²) in [4.78, 5) is 22.8. The van der Waals surface area contributed by atoms with Crippen LogP contribution in [0.15, 0.2) is 64.3 Å². The number of hydrogen-bond donors (Lipinski definition) is 1. The molecule has 0 spiro atoms. The van der Waals surface area contributed by atoms with E-state index in [2.05, 4.69) is 20.1 Å². The van der Waals surface area contributed by atoms with E-state index < -0.39 is 0 Å². The van der Waals surface area contributed by atoms with E-state index in [1.165, 1.54) is 11.7 Å².